The summed E-state index contributed by atoms with van der Waals surface area (Å²) in [4.78, 5) is 3.95. The van der Waals surface area contributed by atoms with Gasteiger partial charge in [-0.05, 0) is 43.1 Å². The third-order valence-corrected chi connectivity index (χ3v) is 4.85. The topological polar surface area (TPSA) is 82.7 Å². The van der Waals surface area contributed by atoms with E-state index in [-0.39, 0.29) is 5.37 Å². The Labute approximate surface area is 160 Å². The minimum absolute atomic E-state index is 0.158. The van der Waals surface area contributed by atoms with Gasteiger partial charge in [-0.1, -0.05) is 54.2 Å². The lowest BCUT2D eigenvalue weighted by Crippen LogP contribution is -2.23. The monoisotopic (exact) mass is 372 g/mol. The third-order valence-electron chi connectivity index (χ3n) is 3.95. The fourth-order valence-corrected chi connectivity index (χ4v) is 3.19. The molecule has 1 unspecified atom stereocenters. The molecule has 2 aromatic rings. The number of thioether (sulfide) groups is 1. The SMILES string of the molecule is C/N=C(/N)SC(C)Nc1ccc(CCNC[C@H](O)c2ccccc2)cc1. The Morgan fingerprint density at radius 3 is 2.50 bits per heavy atom. The summed E-state index contributed by atoms with van der Waals surface area (Å²) >= 11 is 1.50. The van der Waals surface area contributed by atoms with Gasteiger partial charge < -0.3 is 21.5 Å². The van der Waals surface area contributed by atoms with Crippen LogP contribution in [-0.2, 0) is 6.42 Å². The van der Waals surface area contributed by atoms with Crippen molar-refractivity contribution < 1.29 is 5.11 Å². The van der Waals surface area contributed by atoms with E-state index in [9.17, 15) is 5.11 Å². The normalized spacial score (nSPS) is 14.0. The molecule has 2 aromatic carbocycles. The number of nitrogens with two attached hydrogens (primary N) is 1. The molecule has 0 amide bonds. The van der Waals surface area contributed by atoms with Crippen molar-refractivity contribution in [2.45, 2.75) is 24.8 Å². The van der Waals surface area contributed by atoms with Gasteiger partial charge in [-0.2, -0.15) is 0 Å². The Bertz CT molecular complexity index is 676. The summed E-state index contributed by atoms with van der Waals surface area (Å²) in [5, 5.41) is 17.6. The molecular formula is C20H28N4OS. The molecule has 0 aliphatic carbocycles. The molecule has 5 N–H and O–H groups in total. The number of rotatable bonds is 9. The van der Waals surface area contributed by atoms with Crippen molar-refractivity contribution in [3.63, 3.8) is 0 Å². The highest BCUT2D eigenvalue weighted by Gasteiger charge is 2.06. The zero-order chi connectivity index (χ0) is 18.8. The number of amidine groups is 1. The van der Waals surface area contributed by atoms with Crippen molar-refractivity contribution in [2.75, 3.05) is 25.5 Å². The molecule has 0 saturated heterocycles. The van der Waals surface area contributed by atoms with Crippen molar-refractivity contribution in [1.82, 2.24) is 5.32 Å². The van der Waals surface area contributed by atoms with Crippen LogP contribution in [0.2, 0.25) is 0 Å². The van der Waals surface area contributed by atoms with E-state index in [2.05, 4.69) is 46.8 Å². The van der Waals surface area contributed by atoms with Crippen molar-refractivity contribution in [1.29, 1.82) is 0 Å². The molecule has 0 aliphatic rings. The van der Waals surface area contributed by atoms with Crippen LogP contribution in [-0.4, -0.2) is 35.8 Å². The second-order valence-corrected chi connectivity index (χ2v) is 7.40. The Morgan fingerprint density at radius 2 is 1.85 bits per heavy atom. The van der Waals surface area contributed by atoms with Crippen LogP contribution in [0.15, 0.2) is 59.6 Å². The van der Waals surface area contributed by atoms with Crippen LogP contribution in [0.3, 0.4) is 0 Å². The van der Waals surface area contributed by atoms with E-state index in [1.807, 2.05) is 30.3 Å². The molecule has 0 saturated carbocycles. The van der Waals surface area contributed by atoms with Crippen molar-refractivity contribution in [3.8, 4) is 0 Å². The quantitative estimate of drug-likeness (QED) is 0.235. The van der Waals surface area contributed by atoms with Crippen LogP contribution in [0.25, 0.3) is 0 Å². The smallest absolute Gasteiger partial charge is 0.155 e. The van der Waals surface area contributed by atoms with Crippen LogP contribution >= 0.6 is 11.8 Å². The summed E-state index contributed by atoms with van der Waals surface area (Å²) < 4.78 is 0. The second kappa shape index (κ2) is 10.9. The van der Waals surface area contributed by atoms with Crippen molar-refractivity contribution in [3.05, 3.63) is 65.7 Å². The maximum Gasteiger partial charge on any atom is 0.155 e. The standard InChI is InChI=1S/C20H28N4OS/c1-15(26-20(21)22-2)24-18-10-8-16(9-11-18)12-13-23-14-19(25)17-6-4-3-5-7-17/h3-11,15,19,23-25H,12-14H2,1-2H3,(H2,21,22)/t15?,19-/m0/s1. The lowest BCUT2D eigenvalue weighted by molar-refractivity contribution is 0.175. The number of nitrogens with zero attached hydrogens (tertiary/aromatic N) is 1. The minimum atomic E-state index is -0.471. The van der Waals surface area contributed by atoms with Crippen LogP contribution in [0, 0.1) is 0 Å². The average Bonchev–Trinajstić information content (AvgIpc) is 2.66. The molecule has 2 rings (SSSR count). The van der Waals surface area contributed by atoms with Gasteiger partial charge in [0.1, 0.15) is 0 Å². The number of benzene rings is 2. The number of hydrogen-bond donors (Lipinski definition) is 4. The predicted molar refractivity (Wildman–Crippen MR) is 113 cm³/mol. The van der Waals surface area contributed by atoms with Gasteiger partial charge >= 0.3 is 0 Å². The molecule has 0 aliphatic heterocycles. The van der Waals surface area contributed by atoms with Gasteiger partial charge in [0.25, 0.3) is 0 Å². The first-order valence-electron chi connectivity index (χ1n) is 8.76. The molecule has 5 nitrogen and oxygen atoms in total. The van der Waals surface area contributed by atoms with E-state index in [0.717, 1.165) is 24.2 Å². The number of aliphatic hydroxyl groups excluding tert-OH is 1. The van der Waals surface area contributed by atoms with E-state index in [1.165, 1.54) is 17.3 Å². The first kappa shape index (κ1) is 20.3. The summed E-state index contributed by atoms with van der Waals surface area (Å²) in [5.74, 6) is 0. The maximum atomic E-state index is 10.1. The van der Waals surface area contributed by atoms with Crippen molar-refractivity contribution >= 4 is 22.6 Å². The third kappa shape index (κ3) is 7.07. The first-order chi connectivity index (χ1) is 12.6. The molecule has 0 bridgehead atoms. The Morgan fingerprint density at radius 1 is 1.15 bits per heavy atom. The van der Waals surface area contributed by atoms with Gasteiger partial charge in [0.05, 0.1) is 11.5 Å². The number of hydrogen-bond acceptors (Lipinski definition) is 5. The van der Waals surface area contributed by atoms with Crippen LogP contribution < -0.4 is 16.4 Å². The fraction of sp³-hybridized carbons (Fsp3) is 0.350. The molecule has 6 heteroatoms. The summed E-state index contributed by atoms with van der Waals surface area (Å²) in [6.07, 6.45) is 0.447. The second-order valence-electron chi connectivity index (χ2n) is 6.04. The molecule has 2 atom stereocenters. The number of nitrogens with one attached hydrogen (secondary N) is 2. The Kier molecular flexibility index (Phi) is 8.47. The Balaban J connectivity index is 1.70. The highest BCUT2D eigenvalue weighted by molar-refractivity contribution is 8.14. The van der Waals surface area contributed by atoms with Gasteiger partial charge in [-0.15, -0.1) is 0 Å². The van der Waals surface area contributed by atoms with Crippen LogP contribution in [0.4, 0.5) is 5.69 Å². The van der Waals surface area contributed by atoms with Gasteiger partial charge in [-0.25, -0.2) is 0 Å². The lowest BCUT2D eigenvalue weighted by atomic mass is 10.1. The summed E-state index contributed by atoms with van der Waals surface area (Å²) in [5.41, 5.74) is 8.98. The van der Waals surface area contributed by atoms with Crippen molar-refractivity contribution in [2.24, 2.45) is 10.7 Å². The number of aliphatic imine (C=N–C) groups is 1. The average molecular weight is 373 g/mol. The zero-order valence-corrected chi connectivity index (χ0v) is 16.2. The molecule has 0 heterocycles. The van der Waals surface area contributed by atoms with Gasteiger partial charge in [0.15, 0.2) is 5.17 Å². The molecule has 0 radical (unpaired) electrons. The van der Waals surface area contributed by atoms with Gasteiger partial charge in [0, 0.05) is 19.3 Å². The molecule has 0 aromatic heterocycles. The van der Waals surface area contributed by atoms with E-state index in [4.69, 9.17) is 5.73 Å². The largest absolute Gasteiger partial charge is 0.387 e. The highest BCUT2D eigenvalue weighted by atomic mass is 32.2. The summed E-state index contributed by atoms with van der Waals surface area (Å²) in [6, 6.07) is 18.1. The van der Waals surface area contributed by atoms with E-state index in [1.54, 1.807) is 7.05 Å². The van der Waals surface area contributed by atoms with Gasteiger partial charge in [-0.3, -0.25) is 4.99 Å². The molecular weight excluding hydrogens is 344 g/mol. The lowest BCUT2D eigenvalue weighted by Gasteiger charge is -2.15. The van der Waals surface area contributed by atoms with E-state index < -0.39 is 6.10 Å². The summed E-state index contributed by atoms with van der Waals surface area (Å²) in [6.45, 7) is 3.43. The first-order valence-corrected chi connectivity index (χ1v) is 9.64. The van der Waals surface area contributed by atoms with E-state index in [0.29, 0.717) is 11.7 Å². The molecule has 0 spiro atoms. The fourth-order valence-electron chi connectivity index (χ4n) is 2.53. The van der Waals surface area contributed by atoms with Crippen LogP contribution in [0.5, 0.6) is 0 Å². The molecule has 0 fully saturated rings. The maximum absolute atomic E-state index is 10.1. The number of anilines is 1. The van der Waals surface area contributed by atoms with Crippen LogP contribution in [0.1, 0.15) is 24.2 Å². The Hall–Kier alpha value is -2.02. The van der Waals surface area contributed by atoms with E-state index >= 15 is 0 Å². The molecule has 26 heavy (non-hydrogen) atoms. The number of aliphatic hydroxyl groups is 1. The van der Waals surface area contributed by atoms with Gasteiger partial charge in [0.2, 0.25) is 0 Å². The highest BCUT2D eigenvalue weighted by Crippen LogP contribution is 2.16. The predicted octanol–water partition coefficient (Wildman–Crippen LogP) is 2.99. The minimum Gasteiger partial charge on any atom is -0.387 e. The summed E-state index contributed by atoms with van der Waals surface area (Å²) in [7, 11) is 1.69. The molecule has 140 valence electrons. The zero-order valence-electron chi connectivity index (χ0n) is 15.4.